The Morgan fingerprint density at radius 2 is 1.41 bits per heavy atom. The highest BCUT2D eigenvalue weighted by atomic mass is 16.5. The summed E-state index contributed by atoms with van der Waals surface area (Å²) in [5.41, 5.74) is 0. The van der Waals surface area contributed by atoms with Gasteiger partial charge in [0.2, 0.25) is 0 Å². The lowest BCUT2D eigenvalue weighted by atomic mass is 10.0. The molecule has 0 N–H and O–H groups in total. The summed E-state index contributed by atoms with van der Waals surface area (Å²) in [5.74, 6) is 0. The van der Waals surface area contributed by atoms with Crippen LogP contribution in [0, 0.1) is 0 Å². The molecule has 0 aliphatic carbocycles. The number of unbranched alkanes of at least 4 members (excludes halogenated alkanes) is 8. The van der Waals surface area contributed by atoms with Gasteiger partial charge >= 0.3 is 0 Å². The van der Waals surface area contributed by atoms with Crippen molar-refractivity contribution in [1.29, 1.82) is 0 Å². The molecule has 0 aromatic rings. The number of hydrogen-bond donors (Lipinski definition) is 0. The number of hydrogen-bond acceptors (Lipinski definition) is 2. The molecular formula is C15H30O2. The summed E-state index contributed by atoms with van der Waals surface area (Å²) < 4.78 is 4.98. The van der Waals surface area contributed by atoms with E-state index in [4.69, 9.17) is 4.74 Å². The van der Waals surface area contributed by atoms with E-state index in [0.29, 0.717) is 6.47 Å². The maximum Gasteiger partial charge on any atom is 0.293 e. The number of ether oxygens (including phenoxy) is 1. The fraction of sp³-hybridized carbons (Fsp3) is 0.933. The van der Waals surface area contributed by atoms with Gasteiger partial charge in [0, 0.05) is 0 Å². The topological polar surface area (TPSA) is 26.3 Å². The zero-order valence-corrected chi connectivity index (χ0v) is 11.7. The van der Waals surface area contributed by atoms with Gasteiger partial charge in [0.25, 0.3) is 6.47 Å². The first kappa shape index (κ1) is 16.5. The molecule has 0 saturated heterocycles. The lowest BCUT2D eigenvalue weighted by Gasteiger charge is -2.12. The van der Waals surface area contributed by atoms with Crippen molar-refractivity contribution >= 4 is 6.47 Å². The van der Waals surface area contributed by atoms with Gasteiger partial charge in [-0.1, -0.05) is 65.2 Å². The lowest BCUT2D eigenvalue weighted by molar-refractivity contribution is -0.134. The van der Waals surface area contributed by atoms with Crippen LogP contribution >= 0.6 is 0 Å². The maximum absolute atomic E-state index is 10.2. The van der Waals surface area contributed by atoms with Gasteiger partial charge < -0.3 is 4.74 Å². The van der Waals surface area contributed by atoms with Crippen molar-refractivity contribution < 1.29 is 9.53 Å². The third-order valence-electron chi connectivity index (χ3n) is 3.33. The van der Waals surface area contributed by atoms with Gasteiger partial charge in [0.15, 0.2) is 0 Å². The second kappa shape index (κ2) is 13.5. The second-order valence-electron chi connectivity index (χ2n) is 4.88. The van der Waals surface area contributed by atoms with Crippen LogP contribution in [-0.2, 0) is 9.53 Å². The van der Waals surface area contributed by atoms with Gasteiger partial charge in [-0.05, 0) is 19.3 Å². The molecule has 0 rings (SSSR count). The Labute approximate surface area is 107 Å². The van der Waals surface area contributed by atoms with Crippen LogP contribution in [-0.4, -0.2) is 12.6 Å². The van der Waals surface area contributed by atoms with Crippen molar-refractivity contribution in [2.24, 2.45) is 0 Å². The minimum absolute atomic E-state index is 0.150. The highest BCUT2D eigenvalue weighted by Gasteiger charge is 2.05. The molecule has 0 heterocycles. The highest BCUT2D eigenvalue weighted by molar-refractivity contribution is 5.37. The molecule has 2 heteroatoms. The predicted octanol–water partition coefficient (Wildman–Crippen LogP) is 4.86. The van der Waals surface area contributed by atoms with Crippen LogP contribution in [0.15, 0.2) is 0 Å². The summed E-state index contributed by atoms with van der Waals surface area (Å²) in [6, 6.07) is 0. The molecule has 17 heavy (non-hydrogen) atoms. The van der Waals surface area contributed by atoms with Crippen molar-refractivity contribution in [3.05, 3.63) is 0 Å². The van der Waals surface area contributed by atoms with E-state index >= 15 is 0 Å². The quantitative estimate of drug-likeness (QED) is 0.340. The fourth-order valence-electron chi connectivity index (χ4n) is 2.13. The number of carbonyl (C=O) groups is 1. The van der Waals surface area contributed by atoms with E-state index in [2.05, 4.69) is 13.8 Å². The van der Waals surface area contributed by atoms with E-state index in [9.17, 15) is 4.79 Å². The van der Waals surface area contributed by atoms with Gasteiger partial charge in [-0.15, -0.1) is 0 Å². The Balaban J connectivity index is 3.14. The molecular weight excluding hydrogens is 212 g/mol. The highest BCUT2D eigenvalue weighted by Crippen LogP contribution is 2.13. The summed E-state index contributed by atoms with van der Waals surface area (Å²) in [7, 11) is 0. The maximum atomic E-state index is 10.2. The molecule has 1 atom stereocenters. The van der Waals surface area contributed by atoms with Crippen LogP contribution in [0.1, 0.15) is 84.5 Å². The number of rotatable bonds is 13. The average Bonchev–Trinajstić information content (AvgIpc) is 2.35. The van der Waals surface area contributed by atoms with Crippen LogP contribution in [0.2, 0.25) is 0 Å². The van der Waals surface area contributed by atoms with Crippen molar-refractivity contribution in [3.63, 3.8) is 0 Å². The zero-order valence-electron chi connectivity index (χ0n) is 11.7. The Morgan fingerprint density at radius 3 is 1.88 bits per heavy atom. The van der Waals surface area contributed by atoms with Crippen molar-refractivity contribution in [1.82, 2.24) is 0 Å². The molecule has 0 fully saturated rings. The van der Waals surface area contributed by atoms with Crippen LogP contribution in [0.5, 0.6) is 0 Å². The first-order valence-electron chi connectivity index (χ1n) is 7.44. The van der Waals surface area contributed by atoms with E-state index in [-0.39, 0.29) is 6.10 Å². The normalized spacial score (nSPS) is 12.4. The predicted molar refractivity (Wildman–Crippen MR) is 73.1 cm³/mol. The fourth-order valence-corrected chi connectivity index (χ4v) is 2.13. The monoisotopic (exact) mass is 242 g/mol. The zero-order chi connectivity index (χ0) is 12.8. The average molecular weight is 242 g/mol. The van der Waals surface area contributed by atoms with Crippen LogP contribution in [0.25, 0.3) is 0 Å². The summed E-state index contributed by atoms with van der Waals surface area (Å²) in [5, 5.41) is 0. The Kier molecular flexibility index (Phi) is 13.1. The van der Waals surface area contributed by atoms with Gasteiger partial charge in [-0.3, -0.25) is 4.79 Å². The summed E-state index contributed by atoms with van der Waals surface area (Å²) >= 11 is 0. The molecule has 0 saturated carbocycles. The van der Waals surface area contributed by atoms with Crippen LogP contribution in [0.4, 0.5) is 0 Å². The van der Waals surface area contributed by atoms with Crippen molar-refractivity contribution in [2.75, 3.05) is 0 Å². The summed E-state index contributed by atoms with van der Waals surface area (Å²) in [6.45, 7) is 4.91. The third-order valence-corrected chi connectivity index (χ3v) is 3.33. The molecule has 0 bridgehead atoms. The molecule has 0 aliphatic heterocycles. The standard InChI is InChI=1S/C15H30O2/c1-3-5-6-7-8-9-10-11-12-13-15(4-2)17-14-16/h14-15H,3-13H2,1-2H3. The number of carbonyl (C=O) groups excluding carboxylic acids is 1. The molecule has 1 unspecified atom stereocenters. The minimum Gasteiger partial charge on any atom is -0.465 e. The van der Waals surface area contributed by atoms with E-state index in [1.165, 1.54) is 57.8 Å². The molecule has 0 aromatic carbocycles. The molecule has 0 spiro atoms. The van der Waals surface area contributed by atoms with Gasteiger partial charge in [-0.2, -0.15) is 0 Å². The minimum atomic E-state index is 0.150. The summed E-state index contributed by atoms with van der Waals surface area (Å²) in [4.78, 5) is 10.2. The molecule has 0 aromatic heterocycles. The SMILES string of the molecule is CCCCCCCCCCCC(CC)OC=O. The first-order chi connectivity index (χ1) is 8.35. The smallest absolute Gasteiger partial charge is 0.293 e. The van der Waals surface area contributed by atoms with E-state index in [1.54, 1.807) is 0 Å². The van der Waals surface area contributed by atoms with Crippen LogP contribution < -0.4 is 0 Å². The third kappa shape index (κ3) is 11.7. The van der Waals surface area contributed by atoms with Gasteiger partial charge in [0.1, 0.15) is 6.10 Å². The molecule has 0 radical (unpaired) electrons. The van der Waals surface area contributed by atoms with Gasteiger partial charge in [-0.25, -0.2) is 0 Å². The molecule has 0 amide bonds. The Morgan fingerprint density at radius 1 is 0.882 bits per heavy atom. The van der Waals surface area contributed by atoms with E-state index in [0.717, 1.165) is 12.8 Å². The van der Waals surface area contributed by atoms with E-state index in [1.807, 2.05) is 0 Å². The van der Waals surface area contributed by atoms with Crippen molar-refractivity contribution in [3.8, 4) is 0 Å². The molecule has 0 aliphatic rings. The Bertz CT molecular complexity index is 157. The van der Waals surface area contributed by atoms with Crippen molar-refractivity contribution in [2.45, 2.75) is 90.6 Å². The largest absolute Gasteiger partial charge is 0.465 e. The first-order valence-corrected chi connectivity index (χ1v) is 7.44. The Hall–Kier alpha value is -0.530. The molecule has 2 nitrogen and oxygen atoms in total. The van der Waals surface area contributed by atoms with E-state index < -0.39 is 0 Å². The second-order valence-corrected chi connectivity index (χ2v) is 4.88. The lowest BCUT2D eigenvalue weighted by Crippen LogP contribution is -2.10. The van der Waals surface area contributed by atoms with Crippen LogP contribution in [0.3, 0.4) is 0 Å². The summed E-state index contributed by atoms with van der Waals surface area (Å²) in [6.07, 6.45) is 14.2. The molecule has 102 valence electrons. The van der Waals surface area contributed by atoms with Gasteiger partial charge in [0.05, 0.1) is 0 Å².